The lowest BCUT2D eigenvalue weighted by Gasteiger charge is -2.07. The first kappa shape index (κ1) is 16.2. The summed E-state index contributed by atoms with van der Waals surface area (Å²) in [7, 11) is 0. The van der Waals surface area contributed by atoms with Crippen molar-refractivity contribution in [1.29, 1.82) is 0 Å². The average Bonchev–Trinajstić information content (AvgIpc) is 2.47. The van der Waals surface area contributed by atoms with Crippen LogP contribution in [0.3, 0.4) is 0 Å². The van der Waals surface area contributed by atoms with E-state index in [2.05, 4.69) is 11.9 Å². The molecule has 1 aromatic rings. The number of amides is 1. The van der Waals surface area contributed by atoms with E-state index in [1.165, 1.54) is 11.6 Å². The molecule has 0 atom stereocenters. The molecular weight excluding hydrogens is 254 g/mol. The summed E-state index contributed by atoms with van der Waals surface area (Å²) in [5.41, 5.74) is 1.22. The van der Waals surface area contributed by atoms with Crippen molar-refractivity contribution in [2.75, 3.05) is 26.4 Å². The largest absolute Gasteiger partial charge is 0.491 e. The fourth-order valence-corrected chi connectivity index (χ4v) is 1.57. The Labute approximate surface area is 120 Å². The highest BCUT2D eigenvalue weighted by Crippen LogP contribution is 2.10. The summed E-state index contributed by atoms with van der Waals surface area (Å²) in [4.78, 5) is 10.9. The second-order valence-corrected chi connectivity index (χ2v) is 4.48. The van der Waals surface area contributed by atoms with Crippen LogP contribution in [0.15, 0.2) is 36.9 Å². The number of carbonyl (C=O) groups excluding carboxylic acids is 1. The number of nitrogens with one attached hydrogen (secondary N) is 1. The van der Waals surface area contributed by atoms with Crippen molar-refractivity contribution < 1.29 is 14.3 Å². The van der Waals surface area contributed by atoms with E-state index in [4.69, 9.17) is 9.47 Å². The molecule has 0 radical (unpaired) electrons. The second kappa shape index (κ2) is 10.0. The Bertz CT molecular complexity index is 401. The second-order valence-electron chi connectivity index (χ2n) is 4.48. The first-order chi connectivity index (χ1) is 9.72. The monoisotopic (exact) mass is 277 g/mol. The number of benzene rings is 1. The van der Waals surface area contributed by atoms with Crippen molar-refractivity contribution in [2.24, 2.45) is 0 Å². The molecule has 0 saturated carbocycles. The van der Waals surface area contributed by atoms with Crippen LogP contribution in [-0.4, -0.2) is 32.3 Å². The van der Waals surface area contributed by atoms with Gasteiger partial charge in [-0.15, -0.1) is 0 Å². The van der Waals surface area contributed by atoms with Crippen molar-refractivity contribution >= 4 is 5.91 Å². The van der Waals surface area contributed by atoms with Crippen LogP contribution in [-0.2, 0) is 9.53 Å². The summed E-state index contributed by atoms with van der Waals surface area (Å²) in [5.74, 6) is 0.740. The van der Waals surface area contributed by atoms with Gasteiger partial charge >= 0.3 is 0 Å². The average molecular weight is 277 g/mol. The quantitative estimate of drug-likeness (QED) is 0.528. The maximum Gasteiger partial charge on any atom is 0.243 e. The van der Waals surface area contributed by atoms with Gasteiger partial charge in [-0.25, -0.2) is 0 Å². The van der Waals surface area contributed by atoms with Crippen LogP contribution >= 0.6 is 0 Å². The van der Waals surface area contributed by atoms with Crippen LogP contribution in [0.1, 0.15) is 18.4 Å². The smallest absolute Gasteiger partial charge is 0.243 e. The van der Waals surface area contributed by atoms with Gasteiger partial charge in [-0.05, 0) is 38.0 Å². The van der Waals surface area contributed by atoms with Crippen molar-refractivity contribution in [3.63, 3.8) is 0 Å². The van der Waals surface area contributed by atoms with Gasteiger partial charge < -0.3 is 14.8 Å². The predicted molar refractivity (Wildman–Crippen MR) is 79.9 cm³/mol. The van der Waals surface area contributed by atoms with E-state index in [1.807, 2.05) is 31.2 Å². The third-order valence-corrected chi connectivity index (χ3v) is 2.72. The molecule has 0 saturated heterocycles. The maximum atomic E-state index is 10.9. The van der Waals surface area contributed by atoms with Gasteiger partial charge in [0.25, 0.3) is 0 Å². The van der Waals surface area contributed by atoms with Crippen LogP contribution in [0.25, 0.3) is 0 Å². The highest BCUT2D eigenvalue weighted by Gasteiger charge is 1.95. The molecule has 0 heterocycles. The first-order valence-corrected chi connectivity index (χ1v) is 6.90. The molecule has 1 aromatic carbocycles. The van der Waals surface area contributed by atoms with Gasteiger partial charge in [0.1, 0.15) is 12.4 Å². The number of rotatable bonds is 10. The summed E-state index contributed by atoms with van der Waals surface area (Å²) < 4.78 is 11.0. The molecule has 0 aliphatic heterocycles. The number of carbonyl (C=O) groups is 1. The van der Waals surface area contributed by atoms with E-state index in [1.54, 1.807) is 0 Å². The lowest BCUT2D eigenvalue weighted by molar-refractivity contribution is -0.116. The lowest BCUT2D eigenvalue weighted by Crippen LogP contribution is -2.22. The van der Waals surface area contributed by atoms with E-state index >= 15 is 0 Å². The zero-order chi connectivity index (χ0) is 14.6. The van der Waals surface area contributed by atoms with Gasteiger partial charge in [0.2, 0.25) is 5.91 Å². The Kier molecular flexibility index (Phi) is 8.15. The zero-order valence-electron chi connectivity index (χ0n) is 12.1. The van der Waals surface area contributed by atoms with Crippen LogP contribution in [0, 0.1) is 6.92 Å². The van der Waals surface area contributed by atoms with Gasteiger partial charge in [0.05, 0.1) is 6.61 Å². The molecule has 0 aromatic heterocycles. The summed E-state index contributed by atoms with van der Waals surface area (Å²) in [6.45, 7) is 7.91. The molecule has 0 fully saturated rings. The summed E-state index contributed by atoms with van der Waals surface area (Å²) in [6, 6.07) is 7.96. The maximum absolute atomic E-state index is 10.9. The molecule has 110 valence electrons. The Morgan fingerprint density at radius 3 is 2.65 bits per heavy atom. The number of hydrogen-bond acceptors (Lipinski definition) is 3. The zero-order valence-corrected chi connectivity index (χ0v) is 12.1. The minimum atomic E-state index is -0.127. The van der Waals surface area contributed by atoms with E-state index in [9.17, 15) is 4.79 Å². The predicted octanol–water partition coefficient (Wildman–Crippen LogP) is 2.47. The van der Waals surface area contributed by atoms with Gasteiger partial charge in [0, 0.05) is 13.2 Å². The van der Waals surface area contributed by atoms with Crippen molar-refractivity contribution in [3.05, 3.63) is 42.5 Å². The molecule has 4 nitrogen and oxygen atoms in total. The summed E-state index contributed by atoms with van der Waals surface area (Å²) in [6.07, 6.45) is 3.10. The van der Waals surface area contributed by atoms with E-state index in [-0.39, 0.29) is 5.91 Å². The molecule has 1 amide bonds. The third kappa shape index (κ3) is 7.59. The molecule has 1 N–H and O–H groups in total. The number of aryl methyl sites for hydroxylation is 1. The highest BCUT2D eigenvalue weighted by molar-refractivity contribution is 5.86. The van der Waals surface area contributed by atoms with Crippen LogP contribution in [0.4, 0.5) is 0 Å². The van der Waals surface area contributed by atoms with Crippen LogP contribution in [0.2, 0.25) is 0 Å². The molecular formula is C16H23NO3. The Morgan fingerprint density at radius 2 is 1.95 bits per heavy atom. The summed E-state index contributed by atoms with van der Waals surface area (Å²) >= 11 is 0. The SMILES string of the molecule is C=CC(=O)NCCCCOCCOc1ccc(C)cc1. The normalized spacial score (nSPS) is 10.1. The minimum Gasteiger partial charge on any atom is -0.491 e. The van der Waals surface area contributed by atoms with E-state index in [0.717, 1.165) is 18.6 Å². The number of unbranched alkanes of at least 4 members (excludes halogenated alkanes) is 1. The number of ether oxygens (including phenoxy) is 2. The molecule has 0 spiro atoms. The Hall–Kier alpha value is -1.81. The third-order valence-electron chi connectivity index (χ3n) is 2.72. The molecule has 0 bridgehead atoms. The first-order valence-electron chi connectivity index (χ1n) is 6.90. The van der Waals surface area contributed by atoms with Crippen molar-refractivity contribution in [2.45, 2.75) is 19.8 Å². The molecule has 0 aliphatic carbocycles. The van der Waals surface area contributed by atoms with Crippen molar-refractivity contribution in [1.82, 2.24) is 5.32 Å². The lowest BCUT2D eigenvalue weighted by atomic mass is 10.2. The van der Waals surface area contributed by atoms with Gasteiger partial charge in [-0.1, -0.05) is 24.3 Å². The van der Waals surface area contributed by atoms with Crippen LogP contribution in [0.5, 0.6) is 5.75 Å². The van der Waals surface area contributed by atoms with Gasteiger partial charge in [0.15, 0.2) is 0 Å². The Morgan fingerprint density at radius 1 is 1.20 bits per heavy atom. The Balaban J connectivity index is 1.91. The molecule has 1 rings (SSSR count). The van der Waals surface area contributed by atoms with Gasteiger partial charge in [-0.3, -0.25) is 4.79 Å². The minimum absolute atomic E-state index is 0.127. The van der Waals surface area contributed by atoms with Crippen molar-refractivity contribution in [3.8, 4) is 5.75 Å². The van der Waals surface area contributed by atoms with E-state index in [0.29, 0.717) is 26.4 Å². The molecule has 4 heteroatoms. The number of hydrogen-bond donors (Lipinski definition) is 1. The summed E-state index contributed by atoms with van der Waals surface area (Å²) in [5, 5.41) is 2.72. The fourth-order valence-electron chi connectivity index (χ4n) is 1.57. The molecule has 20 heavy (non-hydrogen) atoms. The topological polar surface area (TPSA) is 47.6 Å². The van der Waals surface area contributed by atoms with Crippen LogP contribution < -0.4 is 10.1 Å². The van der Waals surface area contributed by atoms with E-state index < -0.39 is 0 Å². The fraction of sp³-hybridized carbons (Fsp3) is 0.438. The van der Waals surface area contributed by atoms with Gasteiger partial charge in [-0.2, -0.15) is 0 Å². The molecule has 0 unspecified atom stereocenters. The highest BCUT2D eigenvalue weighted by atomic mass is 16.5. The standard InChI is InChI=1S/C16H23NO3/c1-3-16(18)17-10-4-5-11-19-12-13-20-15-8-6-14(2)7-9-15/h3,6-9H,1,4-5,10-13H2,2H3,(H,17,18). The molecule has 0 aliphatic rings.